The molecule has 150 heavy (non-hydrogen) atoms. The van der Waals surface area contributed by atoms with Crippen molar-refractivity contribution in [2.45, 2.75) is 156 Å². The van der Waals surface area contributed by atoms with Gasteiger partial charge in [0.1, 0.15) is 64.2 Å². The van der Waals surface area contributed by atoms with E-state index in [4.69, 9.17) is 23.8 Å². The molecule has 3 aliphatic rings. The largest absolute Gasteiger partial charge is 0.573 e. The lowest BCUT2D eigenvalue weighted by Crippen LogP contribution is -2.56. The number of benzene rings is 10. The number of hydrogen-bond donors (Lipinski definition) is 5. The molecule has 0 radical (unpaired) electrons. The van der Waals surface area contributed by atoms with Crippen LogP contribution in [-0.4, -0.2) is 121 Å². The van der Waals surface area contributed by atoms with Crippen LogP contribution in [0.5, 0.6) is 40.2 Å². The van der Waals surface area contributed by atoms with Crippen molar-refractivity contribution in [3.05, 3.63) is 352 Å². The highest BCUT2D eigenvalue weighted by atomic mass is 19.4. The molecule has 3 aliphatic carbocycles. The summed E-state index contributed by atoms with van der Waals surface area (Å²) in [7, 11) is 6.39. The number of ether oxygens (including phenoxy) is 9. The van der Waals surface area contributed by atoms with E-state index in [2.05, 4.69) is 64.7 Å². The highest BCUT2D eigenvalue weighted by molar-refractivity contribution is 5.95. The van der Waals surface area contributed by atoms with Gasteiger partial charge < -0.3 is 69.2 Å². The first kappa shape index (κ1) is 116. The molecule has 13 rings (SSSR count). The minimum Gasteiger partial charge on any atom is -0.501 e. The minimum absolute atomic E-state index is 0.0518. The van der Waals surface area contributed by atoms with Gasteiger partial charge in [-0.15, -0.1) is 52.7 Å². The van der Waals surface area contributed by atoms with Crippen LogP contribution in [-0.2, 0) is 56.4 Å². The van der Waals surface area contributed by atoms with Crippen LogP contribution in [0.1, 0.15) is 130 Å². The molecule has 0 saturated heterocycles. The third kappa shape index (κ3) is 33.3. The molecule has 44 heteroatoms. The molecule has 0 unspecified atom stereocenters. The first-order valence-electron chi connectivity index (χ1n) is 46.1. The maximum Gasteiger partial charge on any atom is 0.573 e. The Morgan fingerprint density at radius 3 is 1.17 bits per heavy atom. The maximum absolute atomic E-state index is 15.0. The number of amides is 5. The Morgan fingerprint density at radius 2 is 0.780 bits per heavy atom. The summed E-state index contributed by atoms with van der Waals surface area (Å²) in [6.45, 7) is 10.9. The van der Waals surface area contributed by atoms with Crippen molar-refractivity contribution in [3.8, 4) is 40.2 Å². The van der Waals surface area contributed by atoms with Crippen molar-refractivity contribution < 1.29 is 172 Å². The SMILES string of the molecule is C=C(C1CC(NC(=O)N[C@](Cc2ccccc2)(c2ccc(F)cc2)c2cc(F)cc(OC(F)(F)C(F)F)c2)C1)N(C)OC.C=C(OC)C1CCC(COc2ccc(CC(NC(=O)NCC(F)(F)F)(c3cccc(OC(F)(F)F)c3)c3cccc(OC(F)(F)F)c3)cc2)CC1.C=C(OC)C1CCC(COc2ccc(CC(NC(=O)c3ccc(F)c(C(F)(F)F)c3)(c3cccc(OC(F)(F)F)c3)c3cccc(OC(F)(F)F)c3)cc2)CC1. The molecule has 10 aromatic rings. The average Bonchev–Trinajstić information content (AvgIpc) is 0.757. The molecule has 3 saturated carbocycles. The lowest BCUT2D eigenvalue weighted by Gasteiger charge is -2.41. The van der Waals surface area contributed by atoms with E-state index in [-0.39, 0.29) is 87.9 Å². The van der Waals surface area contributed by atoms with Crippen LogP contribution in [0.3, 0.4) is 0 Å². The number of urea groups is 2. The summed E-state index contributed by atoms with van der Waals surface area (Å²) >= 11 is 0. The van der Waals surface area contributed by atoms with Gasteiger partial charge in [-0.05, 0) is 241 Å². The molecule has 808 valence electrons. The number of carbonyl (C=O) groups excluding carboxylic acids is 3. The van der Waals surface area contributed by atoms with Gasteiger partial charge in [-0.1, -0.05) is 135 Å². The number of hydrogen-bond acceptors (Lipinski definition) is 14. The quantitative estimate of drug-likeness (QED) is 0.0139. The molecule has 0 aromatic heterocycles. The molecule has 5 N–H and O–H groups in total. The van der Waals surface area contributed by atoms with Crippen molar-refractivity contribution in [1.29, 1.82) is 0 Å². The standard InChI is InChI=1S/C40H35F10NO5.C35H35F9N2O5.C31H31F6N3O3/c1-24(53-2)27-13-9-26(10-14-27)23-54-31-16-11-25(12-17-31)22-37(29-5-3-7-32(20-29)55-39(45,46)47,30-6-4-8-33(21-30)56-40(48,49)50)51-36(52)28-15-18-35(41)34(19-28)38(42,43)44;1-22(48-2)25-13-9-24(10-14-25)20-49-28-15-11-23(12-16-28)19-32(46-31(47)45-21-33(36,37)38,26-5-3-7-29(17-26)50-34(39,40)41)27-6-4-8-30(18-27)51-35(42,43)44;1-19(40(2)42-3)21-13-26(14-21)38-29(41)39-30(18-20-7-5-4-6-8-20,22-9-11-24(32)12-10-22)23-15-25(33)17-27(16-23)43-31(36,37)28(34)35/h3-8,11-12,15-21,26-27H,1,9-10,13-14,22-23H2,2H3,(H,51,52);3-8,11-12,15-18,24-25H,1,9-10,13-14,19-21H2,2H3,(H2,45,46,47);4-12,15-17,21,26,28H,1,13-14,18H2,2-3H3,(H2,38,39,41)/t;;21?,26?,30-/m..1/s1. The fraction of sp³-hybridized carbons (Fsp3) is 0.349. The molecule has 19 nitrogen and oxygen atoms in total. The predicted molar refractivity (Wildman–Crippen MR) is 497 cm³/mol. The van der Waals surface area contributed by atoms with Crippen LogP contribution >= 0.6 is 0 Å². The van der Waals surface area contributed by atoms with Crippen LogP contribution in [0.25, 0.3) is 0 Å². The van der Waals surface area contributed by atoms with Crippen molar-refractivity contribution in [2.24, 2.45) is 29.6 Å². The van der Waals surface area contributed by atoms with Crippen molar-refractivity contribution in [1.82, 2.24) is 31.6 Å². The molecular weight excluding hydrogens is 2040 g/mol. The number of rotatable bonds is 38. The van der Waals surface area contributed by atoms with Gasteiger partial charge in [0.15, 0.2) is 0 Å². The van der Waals surface area contributed by atoms with E-state index < -0.39 is 155 Å². The van der Waals surface area contributed by atoms with Gasteiger partial charge in [0.2, 0.25) is 0 Å². The van der Waals surface area contributed by atoms with Gasteiger partial charge in [0.05, 0.1) is 68.2 Å². The van der Waals surface area contributed by atoms with Crippen molar-refractivity contribution in [3.63, 3.8) is 0 Å². The van der Waals surface area contributed by atoms with E-state index in [1.807, 2.05) is 0 Å². The second-order valence-corrected chi connectivity index (χ2v) is 35.6. The number of halogens is 25. The Kier molecular flexibility index (Phi) is 38.2. The minimum atomic E-state index is -5.22. The zero-order valence-corrected chi connectivity index (χ0v) is 80.2. The highest BCUT2D eigenvalue weighted by Gasteiger charge is 2.49. The van der Waals surface area contributed by atoms with Crippen molar-refractivity contribution >= 4 is 18.0 Å². The summed E-state index contributed by atoms with van der Waals surface area (Å²) in [5.41, 5.74) is -6.80. The van der Waals surface area contributed by atoms with Gasteiger partial charge in [0, 0.05) is 67.4 Å². The van der Waals surface area contributed by atoms with Crippen LogP contribution in [0, 0.1) is 47.0 Å². The number of alkyl halides is 22. The summed E-state index contributed by atoms with van der Waals surface area (Å²) in [5.74, 6) is -5.09. The topological polar surface area (TPSA) is 207 Å². The molecule has 1 atom stereocenters. The summed E-state index contributed by atoms with van der Waals surface area (Å²) < 4.78 is 379. The number of nitrogens with one attached hydrogen (secondary N) is 5. The van der Waals surface area contributed by atoms with Crippen LogP contribution in [0.2, 0.25) is 0 Å². The van der Waals surface area contributed by atoms with E-state index in [1.54, 1.807) is 105 Å². The predicted octanol–water partition coefficient (Wildman–Crippen LogP) is 26.9. The first-order chi connectivity index (χ1) is 70.4. The summed E-state index contributed by atoms with van der Waals surface area (Å²) in [6, 6.07) is 44.6. The average molecular weight is 2140 g/mol. The number of methoxy groups -OCH3 is 2. The Morgan fingerprint density at radius 1 is 0.387 bits per heavy atom. The molecule has 0 aliphatic heterocycles. The van der Waals surface area contributed by atoms with E-state index >= 15 is 0 Å². The molecule has 0 bridgehead atoms. The number of nitrogens with zero attached hydrogens (tertiary/aromatic N) is 1. The Bertz CT molecular complexity index is 6070. The Balaban J connectivity index is 0.000000215. The van der Waals surface area contributed by atoms with Gasteiger partial charge >= 0.3 is 62.4 Å². The molecule has 0 heterocycles. The van der Waals surface area contributed by atoms with Gasteiger partial charge in [-0.25, -0.2) is 22.8 Å². The number of carbonyl (C=O) groups is 3. The van der Waals surface area contributed by atoms with Crippen LogP contribution < -0.4 is 59.7 Å². The zero-order valence-electron chi connectivity index (χ0n) is 80.2. The van der Waals surface area contributed by atoms with E-state index in [0.717, 1.165) is 172 Å². The number of allylic oxidation sites excluding steroid dienone is 3. The van der Waals surface area contributed by atoms with Gasteiger partial charge in [-0.3, -0.25) is 14.7 Å². The Labute approximate surface area is 844 Å². The monoisotopic (exact) mass is 2140 g/mol. The fourth-order valence-electron chi connectivity index (χ4n) is 17.7. The lowest BCUT2D eigenvalue weighted by molar-refractivity contribution is -0.275. The molecule has 5 amide bonds. The van der Waals surface area contributed by atoms with Crippen LogP contribution in [0.15, 0.2) is 274 Å². The molecule has 0 spiro atoms. The summed E-state index contributed by atoms with van der Waals surface area (Å²) in [4.78, 5) is 45.7. The van der Waals surface area contributed by atoms with E-state index in [1.165, 1.54) is 48.6 Å². The third-order valence-electron chi connectivity index (χ3n) is 25.2. The number of hydroxylamine groups is 2. The zero-order chi connectivity index (χ0) is 110. The van der Waals surface area contributed by atoms with E-state index in [0.29, 0.717) is 66.4 Å². The maximum atomic E-state index is 15.0. The molecule has 3 fully saturated rings. The van der Waals surface area contributed by atoms with Crippen LogP contribution in [0.4, 0.5) is 119 Å². The lowest BCUT2D eigenvalue weighted by atomic mass is 9.77. The summed E-state index contributed by atoms with van der Waals surface area (Å²) in [6.07, 6.45) is -32.4. The second kappa shape index (κ2) is 49.4. The van der Waals surface area contributed by atoms with Gasteiger partial charge in [-0.2, -0.15) is 43.9 Å². The van der Waals surface area contributed by atoms with Crippen molar-refractivity contribution in [2.75, 3.05) is 48.1 Å². The third-order valence-corrected chi connectivity index (χ3v) is 25.2. The second-order valence-electron chi connectivity index (χ2n) is 35.6. The molecular formula is C106H101F25N6O13. The molecule has 10 aromatic carbocycles. The highest BCUT2D eigenvalue weighted by Crippen LogP contribution is 2.47. The normalized spacial score (nSPS) is 17.0. The smallest absolute Gasteiger partial charge is 0.501 e. The Hall–Kier alpha value is -14.4. The van der Waals surface area contributed by atoms with E-state index in [9.17, 15) is 124 Å². The summed E-state index contributed by atoms with van der Waals surface area (Å²) in [5, 5.41) is 13.9. The first-order valence-corrected chi connectivity index (χ1v) is 46.1. The van der Waals surface area contributed by atoms with Gasteiger partial charge in [0.25, 0.3) is 5.91 Å². The fourth-order valence-corrected chi connectivity index (χ4v) is 17.7.